The van der Waals surface area contributed by atoms with Gasteiger partial charge in [0.1, 0.15) is 0 Å². The van der Waals surface area contributed by atoms with E-state index in [1.54, 1.807) is 0 Å². The van der Waals surface area contributed by atoms with Crippen LogP contribution in [0.5, 0.6) is 0 Å². The average Bonchev–Trinajstić information content (AvgIpc) is 2.60. The fourth-order valence-electron chi connectivity index (χ4n) is 1.60. The van der Waals surface area contributed by atoms with Crippen LogP contribution in [0.3, 0.4) is 0 Å². The molecule has 1 aliphatic heterocycles. The van der Waals surface area contributed by atoms with Gasteiger partial charge in [-0.25, -0.2) is 0 Å². The highest BCUT2D eigenvalue weighted by molar-refractivity contribution is 5.05. The fraction of sp³-hybridized carbons (Fsp3) is 0.625. The molecule has 1 fully saturated rings. The van der Waals surface area contributed by atoms with Gasteiger partial charge in [-0.1, -0.05) is 0 Å². The second kappa shape index (κ2) is 3.05. The maximum atomic E-state index is 3.91. The number of hydrogen-bond acceptors (Lipinski definition) is 2. The third-order valence-electron chi connectivity index (χ3n) is 2.20. The monoisotopic (exact) mass is 151 g/mol. The van der Waals surface area contributed by atoms with Crippen LogP contribution in [0.2, 0.25) is 0 Å². The molecule has 0 aliphatic carbocycles. The van der Waals surface area contributed by atoms with Crippen molar-refractivity contribution < 1.29 is 0 Å². The van der Waals surface area contributed by atoms with E-state index in [1.165, 1.54) is 24.9 Å². The average molecular weight is 151 g/mol. The molecule has 1 aliphatic rings. The number of nitrogens with zero attached hydrogens (tertiary/aromatic N) is 1. The summed E-state index contributed by atoms with van der Waals surface area (Å²) in [4.78, 5) is 0. The van der Waals surface area contributed by atoms with E-state index in [-0.39, 0.29) is 0 Å². The fourth-order valence-corrected chi connectivity index (χ4v) is 1.60. The van der Waals surface area contributed by atoms with E-state index in [0.717, 1.165) is 6.42 Å². The molecule has 0 bridgehead atoms. The summed E-state index contributed by atoms with van der Waals surface area (Å²) in [6, 6.07) is 0.688. The number of aromatic nitrogens is 2. The Hall–Kier alpha value is -0.830. The molecule has 0 radical (unpaired) electrons. The lowest BCUT2D eigenvalue weighted by atomic mass is 10.1. The van der Waals surface area contributed by atoms with Crippen LogP contribution in [-0.2, 0) is 6.42 Å². The van der Waals surface area contributed by atoms with Crippen LogP contribution in [0.25, 0.3) is 0 Å². The van der Waals surface area contributed by atoms with Gasteiger partial charge < -0.3 is 5.32 Å². The Labute approximate surface area is 66.2 Å². The lowest BCUT2D eigenvalue weighted by Gasteiger charge is -2.06. The predicted octanol–water partition coefficient (Wildman–Crippen LogP) is 0.704. The van der Waals surface area contributed by atoms with Gasteiger partial charge in [0.2, 0.25) is 0 Å². The highest BCUT2D eigenvalue weighted by Gasteiger charge is 2.14. The van der Waals surface area contributed by atoms with Gasteiger partial charge in [-0.3, -0.25) is 5.10 Å². The Morgan fingerprint density at radius 1 is 1.64 bits per heavy atom. The molecule has 1 saturated heterocycles. The molecule has 3 nitrogen and oxygen atoms in total. The van der Waals surface area contributed by atoms with Crippen molar-refractivity contribution in [3.63, 3.8) is 0 Å². The first kappa shape index (κ1) is 6.85. The first-order chi connectivity index (χ1) is 5.45. The Balaban J connectivity index is 1.90. The maximum Gasteiger partial charge on any atom is 0.0519 e. The van der Waals surface area contributed by atoms with Crippen LogP contribution in [0, 0.1) is 0 Å². The molecule has 0 spiro atoms. The van der Waals surface area contributed by atoms with Crippen molar-refractivity contribution in [2.24, 2.45) is 0 Å². The number of aromatic amines is 1. The zero-order valence-corrected chi connectivity index (χ0v) is 6.51. The van der Waals surface area contributed by atoms with Crippen LogP contribution in [-0.4, -0.2) is 22.8 Å². The first-order valence-electron chi connectivity index (χ1n) is 4.16. The molecule has 0 aromatic carbocycles. The maximum absolute atomic E-state index is 3.91. The van der Waals surface area contributed by atoms with E-state index < -0.39 is 0 Å². The molecular weight excluding hydrogens is 138 g/mol. The third kappa shape index (κ3) is 1.60. The molecule has 2 rings (SSSR count). The summed E-state index contributed by atoms with van der Waals surface area (Å²) < 4.78 is 0. The number of nitrogens with one attached hydrogen (secondary N) is 2. The van der Waals surface area contributed by atoms with Crippen molar-refractivity contribution in [3.05, 3.63) is 18.0 Å². The van der Waals surface area contributed by atoms with Gasteiger partial charge in [0.15, 0.2) is 0 Å². The predicted molar refractivity (Wildman–Crippen MR) is 43.3 cm³/mol. The normalized spacial score (nSPS) is 24.2. The van der Waals surface area contributed by atoms with E-state index in [1.807, 2.05) is 12.4 Å². The minimum Gasteiger partial charge on any atom is -0.314 e. The van der Waals surface area contributed by atoms with Crippen molar-refractivity contribution in [3.8, 4) is 0 Å². The summed E-state index contributed by atoms with van der Waals surface area (Å²) in [6.45, 7) is 1.18. The second-order valence-corrected chi connectivity index (χ2v) is 3.10. The van der Waals surface area contributed by atoms with Crippen molar-refractivity contribution in [1.29, 1.82) is 0 Å². The van der Waals surface area contributed by atoms with Crippen LogP contribution in [0.4, 0.5) is 0 Å². The molecule has 60 valence electrons. The summed E-state index contributed by atoms with van der Waals surface area (Å²) in [6.07, 6.45) is 7.63. The molecule has 11 heavy (non-hydrogen) atoms. The highest BCUT2D eigenvalue weighted by Crippen LogP contribution is 2.10. The zero-order valence-electron chi connectivity index (χ0n) is 6.51. The van der Waals surface area contributed by atoms with Crippen molar-refractivity contribution >= 4 is 0 Å². The molecule has 2 N–H and O–H groups in total. The first-order valence-corrected chi connectivity index (χ1v) is 4.16. The van der Waals surface area contributed by atoms with Gasteiger partial charge in [0.25, 0.3) is 0 Å². The summed E-state index contributed by atoms with van der Waals surface area (Å²) >= 11 is 0. The van der Waals surface area contributed by atoms with Gasteiger partial charge in [-0.05, 0) is 31.4 Å². The summed E-state index contributed by atoms with van der Waals surface area (Å²) in [5.41, 5.74) is 1.31. The Kier molecular flexibility index (Phi) is 1.90. The Morgan fingerprint density at radius 3 is 3.27 bits per heavy atom. The highest BCUT2D eigenvalue weighted by atomic mass is 15.1. The van der Waals surface area contributed by atoms with Gasteiger partial charge >= 0.3 is 0 Å². The Morgan fingerprint density at radius 2 is 2.64 bits per heavy atom. The number of H-pyrrole nitrogens is 1. The second-order valence-electron chi connectivity index (χ2n) is 3.10. The molecule has 3 heteroatoms. The van der Waals surface area contributed by atoms with E-state index in [4.69, 9.17) is 0 Å². The molecule has 0 saturated carbocycles. The zero-order chi connectivity index (χ0) is 7.52. The number of hydrogen-bond donors (Lipinski definition) is 2. The van der Waals surface area contributed by atoms with E-state index in [9.17, 15) is 0 Å². The SMILES string of the molecule is c1n[nH]cc1C[C@@H]1CCCN1. The van der Waals surface area contributed by atoms with Crippen LogP contribution >= 0.6 is 0 Å². The van der Waals surface area contributed by atoms with Crippen LogP contribution in [0.15, 0.2) is 12.4 Å². The summed E-state index contributed by atoms with van der Waals surface area (Å²) in [7, 11) is 0. The molecular formula is C8H13N3. The largest absolute Gasteiger partial charge is 0.314 e. The Bertz CT molecular complexity index is 199. The molecule has 1 aromatic heterocycles. The van der Waals surface area contributed by atoms with Gasteiger partial charge in [0.05, 0.1) is 6.20 Å². The van der Waals surface area contributed by atoms with Gasteiger partial charge in [-0.15, -0.1) is 0 Å². The molecule has 2 heterocycles. The minimum atomic E-state index is 0.688. The minimum absolute atomic E-state index is 0.688. The summed E-state index contributed by atoms with van der Waals surface area (Å²) in [5, 5.41) is 10.2. The van der Waals surface area contributed by atoms with Gasteiger partial charge in [0, 0.05) is 12.2 Å². The van der Waals surface area contributed by atoms with Crippen molar-refractivity contribution in [1.82, 2.24) is 15.5 Å². The van der Waals surface area contributed by atoms with Crippen LogP contribution in [0.1, 0.15) is 18.4 Å². The standard InChI is InChI=1S/C8H13N3/c1-2-8(9-3-1)4-7-5-10-11-6-7/h5-6,8-9H,1-4H2,(H,10,11)/t8-/m0/s1. The third-order valence-corrected chi connectivity index (χ3v) is 2.20. The van der Waals surface area contributed by atoms with Crippen molar-refractivity contribution in [2.45, 2.75) is 25.3 Å². The number of rotatable bonds is 2. The molecule has 0 unspecified atom stereocenters. The topological polar surface area (TPSA) is 40.7 Å². The quantitative estimate of drug-likeness (QED) is 0.653. The lowest BCUT2D eigenvalue weighted by Crippen LogP contribution is -2.23. The van der Waals surface area contributed by atoms with Gasteiger partial charge in [-0.2, -0.15) is 5.10 Å². The molecule has 1 atom stereocenters. The smallest absolute Gasteiger partial charge is 0.0519 e. The van der Waals surface area contributed by atoms with Crippen molar-refractivity contribution in [2.75, 3.05) is 6.54 Å². The van der Waals surface area contributed by atoms with Crippen LogP contribution < -0.4 is 5.32 Å². The van der Waals surface area contributed by atoms with E-state index in [2.05, 4.69) is 15.5 Å². The van der Waals surface area contributed by atoms with E-state index in [0.29, 0.717) is 6.04 Å². The molecule has 0 amide bonds. The summed E-state index contributed by atoms with van der Waals surface area (Å²) in [5.74, 6) is 0. The molecule has 1 aromatic rings. The lowest BCUT2D eigenvalue weighted by molar-refractivity contribution is 0.603. The van der Waals surface area contributed by atoms with E-state index >= 15 is 0 Å².